The molecule has 3 aromatic rings. The van der Waals surface area contributed by atoms with E-state index < -0.39 is 17.6 Å². The number of rotatable bonds is 3. The number of nitrogens with one attached hydrogen (secondary N) is 1. The van der Waals surface area contributed by atoms with Crippen LogP contribution >= 0.6 is 0 Å². The van der Waals surface area contributed by atoms with Crippen LogP contribution in [-0.4, -0.2) is 55.5 Å². The lowest BCUT2D eigenvalue weighted by Gasteiger charge is -2.28. The molecule has 1 fully saturated rings. The topological polar surface area (TPSA) is 132 Å². The number of aromatic nitrogens is 3. The van der Waals surface area contributed by atoms with E-state index in [1.54, 1.807) is 45.0 Å². The second kappa shape index (κ2) is 9.91. The zero-order valence-electron chi connectivity index (χ0n) is 22.4. The Morgan fingerprint density at radius 3 is 2.67 bits per heavy atom. The van der Waals surface area contributed by atoms with E-state index in [9.17, 15) is 14.4 Å². The molecule has 1 aliphatic carbocycles. The van der Waals surface area contributed by atoms with Crippen molar-refractivity contribution >= 4 is 23.9 Å². The zero-order chi connectivity index (χ0) is 27.9. The first-order valence-electron chi connectivity index (χ1n) is 12.8. The highest BCUT2D eigenvalue weighted by molar-refractivity contribution is 6.05. The van der Waals surface area contributed by atoms with Gasteiger partial charge in [-0.2, -0.15) is 0 Å². The van der Waals surface area contributed by atoms with Gasteiger partial charge in [0.05, 0.1) is 16.8 Å². The van der Waals surface area contributed by atoms with Gasteiger partial charge in [0.2, 0.25) is 5.95 Å². The third kappa shape index (κ3) is 5.62. The SMILES string of the molecule is Cn1c(-c2nc(N)ncc2C#Cc2cccc(C(=O)NC3CC3)c2)cc2c1CCN(C(=O)OC(C)(C)C)C2=O. The Kier molecular flexibility index (Phi) is 6.60. The second-order valence-electron chi connectivity index (χ2n) is 10.7. The number of fused-ring (bicyclic) bond motifs is 1. The summed E-state index contributed by atoms with van der Waals surface area (Å²) < 4.78 is 7.29. The van der Waals surface area contributed by atoms with Gasteiger partial charge in [-0.25, -0.2) is 19.7 Å². The number of nitrogen functional groups attached to an aromatic ring is 1. The van der Waals surface area contributed by atoms with E-state index in [1.807, 2.05) is 17.7 Å². The lowest BCUT2D eigenvalue weighted by molar-refractivity contribution is 0.0232. The molecule has 1 aliphatic heterocycles. The Morgan fingerprint density at radius 2 is 1.95 bits per heavy atom. The van der Waals surface area contributed by atoms with Crippen molar-refractivity contribution in [1.82, 2.24) is 24.8 Å². The average molecular weight is 527 g/mol. The fourth-order valence-corrected chi connectivity index (χ4v) is 4.37. The maximum absolute atomic E-state index is 13.3. The van der Waals surface area contributed by atoms with Gasteiger partial charge in [-0.3, -0.25) is 9.59 Å². The smallest absolute Gasteiger partial charge is 0.417 e. The molecule has 3 heterocycles. The first kappa shape index (κ1) is 26.0. The van der Waals surface area contributed by atoms with Crippen molar-refractivity contribution in [2.45, 2.75) is 51.7 Å². The van der Waals surface area contributed by atoms with Gasteiger partial charge in [0.25, 0.3) is 11.8 Å². The van der Waals surface area contributed by atoms with Crippen LogP contribution in [0.5, 0.6) is 0 Å². The maximum atomic E-state index is 13.3. The molecule has 0 atom stereocenters. The Bertz CT molecular complexity index is 1550. The molecule has 2 aromatic heterocycles. The van der Waals surface area contributed by atoms with E-state index >= 15 is 0 Å². The van der Waals surface area contributed by atoms with E-state index in [0.717, 1.165) is 23.4 Å². The van der Waals surface area contributed by atoms with Crippen molar-refractivity contribution in [1.29, 1.82) is 0 Å². The third-order valence-electron chi connectivity index (χ3n) is 6.45. The monoisotopic (exact) mass is 526 g/mol. The van der Waals surface area contributed by atoms with Gasteiger partial charge in [-0.15, -0.1) is 0 Å². The largest absolute Gasteiger partial charge is 0.443 e. The first-order chi connectivity index (χ1) is 18.5. The third-order valence-corrected chi connectivity index (χ3v) is 6.45. The van der Waals surface area contributed by atoms with Crippen molar-refractivity contribution in [2.75, 3.05) is 12.3 Å². The molecule has 0 spiro atoms. The molecule has 39 heavy (non-hydrogen) atoms. The lowest BCUT2D eigenvalue weighted by Crippen LogP contribution is -2.44. The minimum atomic E-state index is -0.716. The fourth-order valence-electron chi connectivity index (χ4n) is 4.37. The van der Waals surface area contributed by atoms with Crippen LogP contribution in [0.25, 0.3) is 11.4 Å². The summed E-state index contributed by atoms with van der Waals surface area (Å²) in [6.45, 7) is 5.48. The lowest BCUT2D eigenvalue weighted by atomic mass is 10.1. The van der Waals surface area contributed by atoms with Crippen molar-refractivity contribution in [3.05, 3.63) is 64.5 Å². The van der Waals surface area contributed by atoms with Crippen LogP contribution in [0, 0.1) is 11.8 Å². The standard InChI is InChI=1S/C29H30N6O4/c1-29(2,3)39-28(38)35-13-12-22-21(26(35)37)15-23(34(22)4)24-19(16-31-27(30)33-24)9-8-17-6-5-7-18(14-17)25(36)32-20-10-11-20/h5-7,14-16,20H,10-13H2,1-4H3,(H,32,36)(H2,30,31,33). The number of nitrogens with two attached hydrogens (primary N) is 1. The van der Waals surface area contributed by atoms with E-state index in [4.69, 9.17) is 10.5 Å². The molecular formula is C29H30N6O4. The fraction of sp³-hybridized carbons (Fsp3) is 0.345. The Morgan fingerprint density at radius 1 is 1.18 bits per heavy atom. The number of benzene rings is 1. The molecule has 0 bridgehead atoms. The predicted octanol–water partition coefficient (Wildman–Crippen LogP) is 3.29. The van der Waals surface area contributed by atoms with Gasteiger partial charge >= 0.3 is 6.09 Å². The molecule has 0 saturated heterocycles. The molecule has 10 nitrogen and oxygen atoms in total. The van der Waals surface area contributed by atoms with Crippen molar-refractivity contribution in [2.24, 2.45) is 7.05 Å². The first-order valence-corrected chi connectivity index (χ1v) is 12.8. The molecule has 5 rings (SSSR count). The molecule has 200 valence electrons. The predicted molar refractivity (Wildman–Crippen MR) is 145 cm³/mol. The summed E-state index contributed by atoms with van der Waals surface area (Å²) in [5.41, 5.74) is 9.19. The minimum Gasteiger partial charge on any atom is -0.443 e. The van der Waals surface area contributed by atoms with Crippen LogP contribution < -0.4 is 11.1 Å². The highest BCUT2D eigenvalue weighted by Crippen LogP contribution is 2.30. The number of nitrogens with zero attached hydrogens (tertiary/aromatic N) is 4. The van der Waals surface area contributed by atoms with Gasteiger partial charge in [-0.1, -0.05) is 17.9 Å². The van der Waals surface area contributed by atoms with Crippen molar-refractivity contribution in [3.8, 4) is 23.2 Å². The second-order valence-corrected chi connectivity index (χ2v) is 10.7. The summed E-state index contributed by atoms with van der Waals surface area (Å²) in [5.74, 6) is 5.72. The summed E-state index contributed by atoms with van der Waals surface area (Å²) in [5, 5.41) is 2.98. The Hall–Kier alpha value is -4.65. The molecule has 1 aromatic carbocycles. The van der Waals surface area contributed by atoms with Gasteiger partial charge in [0.1, 0.15) is 11.3 Å². The summed E-state index contributed by atoms with van der Waals surface area (Å²) in [7, 11) is 1.84. The van der Waals surface area contributed by atoms with E-state index in [2.05, 4.69) is 27.1 Å². The molecule has 3 amide bonds. The molecule has 2 aliphatic rings. The number of hydrogen-bond acceptors (Lipinski definition) is 7. The molecule has 0 unspecified atom stereocenters. The van der Waals surface area contributed by atoms with Crippen LogP contribution in [0.1, 0.15) is 71.1 Å². The molecule has 3 N–H and O–H groups in total. The van der Waals surface area contributed by atoms with Crippen LogP contribution in [0.4, 0.5) is 10.7 Å². The Balaban J connectivity index is 1.46. The van der Waals surface area contributed by atoms with E-state index in [-0.39, 0.29) is 24.4 Å². The van der Waals surface area contributed by atoms with E-state index in [0.29, 0.717) is 40.1 Å². The number of amides is 3. The van der Waals surface area contributed by atoms with Crippen molar-refractivity contribution < 1.29 is 19.1 Å². The molecule has 0 radical (unpaired) electrons. The summed E-state index contributed by atoms with van der Waals surface area (Å²) in [6.07, 6.45) is 3.36. The summed E-state index contributed by atoms with van der Waals surface area (Å²) in [4.78, 5) is 48.0. The normalized spacial score (nSPS) is 14.8. The average Bonchev–Trinajstić information content (AvgIpc) is 3.63. The number of ether oxygens (including phenoxy) is 1. The van der Waals surface area contributed by atoms with Crippen molar-refractivity contribution in [3.63, 3.8) is 0 Å². The highest BCUT2D eigenvalue weighted by atomic mass is 16.6. The van der Waals surface area contributed by atoms with Gasteiger partial charge < -0.3 is 20.4 Å². The maximum Gasteiger partial charge on any atom is 0.417 e. The summed E-state index contributed by atoms with van der Waals surface area (Å²) >= 11 is 0. The van der Waals surface area contributed by atoms with Gasteiger partial charge in [-0.05, 0) is 57.9 Å². The van der Waals surface area contributed by atoms with Crippen LogP contribution in [0.2, 0.25) is 0 Å². The number of anilines is 1. The summed E-state index contributed by atoms with van der Waals surface area (Å²) in [6, 6.07) is 9.08. The number of hydrogen-bond donors (Lipinski definition) is 2. The molecule has 1 saturated carbocycles. The van der Waals surface area contributed by atoms with Crippen LogP contribution in [0.3, 0.4) is 0 Å². The van der Waals surface area contributed by atoms with Gasteiger partial charge in [0.15, 0.2) is 0 Å². The Labute approximate surface area is 226 Å². The van der Waals surface area contributed by atoms with Gasteiger partial charge in [0, 0.05) is 49.1 Å². The zero-order valence-corrected chi connectivity index (χ0v) is 22.4. The van der Waals surface area contributed by atoms with Crippen LogP contribution in [-0.2, 0) is 18.2 Å². The quantitative estimate of drug-likeness (QED) is 0.501. The van der Waals surface area contributed by atoms with Crippen LogP contribution in [0.15, 0.2) is 36.5 Å². The molecule has 10 heteroatoms. The van der Waals surface area contributed by atoms with E-state index in [1.165, 1.54) is 6.20 Å². The molecular weight excluding hydrogens is 496 g/mol. The number of carbonyl (C=O) groups excluding carboxylic acids is 3. The number of imide groups is 1. The highest BCUT2D eigenvalue weighted by Gasteiger charge is 2.35. The number of carbonyl (C=O) groups is 3. The minimum absolute atomic E-state index is 0.0650.